The van der Waals surface area contributed by atoms with Gasteiger partial charge >= 0.3 is 5.69 Å². The summed E-state index contributed by atoms with van der Waals surface area (Å²) in [5.74, 6) is 0.936. The Kier molecular flexibility index (Phi) is 6.68. The summed E-state index contributed by atoms with van der Waals surface area (Å²) in [6.45, 7) is 3.93. The predicted octanol–water partition coefficient (Wildman–Crippen LogP) is 3.99. The number of aromatic nitrogens is 3. The molecule has 30 heavy (non-hydrogen) atoms. The van der Waals surface area contributed by atoms with Crippen LogP contribution in [0.5, 0.6) is 11.5 Å². The quantitative estimate of drug-likeness (QED) is 0.232. The van der Waals surface area contributed by atoms with E-state index in [4.69, 9.17) is 9.47 Å². The lowest BCUT2D eigenvalue weighted by atomic mass is 10.1. The van der Waals surface area contributed by atoms with E-state index in [1.165, 1.54) is 31.2 Å². The number of thioether (sulfide) groups is 1. The van der Waals surface area contributed by atoms with Gasteiger partial charge in [0.15, 0.2) is 11.6 Å². The Morgan fingerprint density at radius 1 is 1.27 bits per heavy atom. The van der Waals surface area contributed by atoms with E-state index in [9.17, 15) is 10.1 Å². The molecule has 0 unspecified atom stereocenters. The highest BCUT2D eigenvalue weighted by molar-refractivity contribution is 7.98. The van der Waals surface area contributed by atoms with Gasteiger partial charge in [-0.25, -0.2) is 0 Å². The summed E-state index contributed by atoms with van der Waals surface area (Å²) >= 11 is 1.40. The molecule has 3 rings (SSSR count). The first-order chi connectivity index (χ1) is 14.4. The summed E-state index contributed by atoms with van der Waals surface area (Å²) in [4.78, 5) is 11.2. The molecule has 0 spiro atoms. The van der Waals surface area contributed by atoms with Gasteiger partial charge < -0.3 is 9.47 Å². The summed E-state index contributed by atoms with van der Waals surface area (Å²) in [5.41, 5.74) is 2.28. The fourth-order valence-electron chi connectivity index (χ4n) is 2.80. The summed E-state index contributed by atoms with van der Waals surface area (Å²) in [6, 6.07) is 10.8. The number of methoxy groups -OCH3 is 1. The maximum atomic E-state index is 11.7. The van der Waals surface area contributed by atoms with Gasteiger partial charge in [-0.15, -0.1) is 10.2 Å². The van der Waals surface area contributed by atoms with Gasteiger partial charge in [-0.05, 0) is 31.7 Å². The Labute approximate surface area is 177 Å². The van der Waals surface area contributed by atoms with Crippen LogP contribution < -0.4 is 9.47 Å². The summed E-state index contributed by atoms with van der Waals surface area (Å²) < 4.78 is 12.7. The molecule has 3 aromatic rings. The molecule has 1 aromatic heterocycles. The van der Waals surface area contributed by atoms with E-state index in [0.29, 0.717) is 16.5 Å². The third kappa shape index (κ3) is 4.77. The fourth-order valence-corrected chi connectivity index (χ4v) is 3.27. The molecule has 0 saturated carbocycles. The first-order valence-electron chi connectivity index (χ1n) is 8.98. The van der Waals surface area contributed by atoms with Crippen LogP contribution in [0.3, 0.4) is 0 Å². The third-order valence-electron chi connectivity index (χ3n) is 4.21. The summed E-state index contributed by atoms with van der Waals surface area (Å²) in [6.07, 6.45) is 3.36. The number of hydrogen-bond acceptors (Lipinski definition) is 8. The zero-order valence-electron chi connectivity index (χ0n) is 17.0. The van der Waals surface area contributed by atoms with Crippen molar-refractivity contribution in [1.82, 2.24) is 14.9 Å². The van der Waals surface area contributed by atoms with E-state index in [2.05, 4.69) is 15.3 Å². The third-order valence-corrected chi connectivity index (χ3v) is 4.83. The molecule has 156 valence electrons. The van der Waals surface area contributed by atoms with Crippen LogP contribution in [0.2, 0.25) is 0 Å². The molecule has 2 aromatic carbocycles. The van der Waals surface area contributed by atoms with E-state index in [1.54, 1.807) is 17.7 Å². The van der Waals surface area contributed by atoms with Crippen LogP contribution in [-0.4, -0.2) is 39.4 Å². The van der Waals surface area contributed by atoms with Crippen molar-refractivity contribution in [2.24, 2.45) is 5.10 Å². The maximum absolute atomic E-state index is 11.7. The number of nitro groups is 1. The fraction of sp³-hybridized carbons (Fsp3) is 0.250. The first kappa shape index (κ1) is 21.3. The molecular formula is C20H21N5O4S. The molecule has 0 aliphatic rings. The molecule has 1 heterocycles. The maximum Gasteiger partial charge on any atom is 0.315 e. The molecule has 0 aliphatic heterocycles. The first-order valence-corrected chi connectivity index (χ1v) is 10.2. The second-order valence-corrected chi connectivity index (χ2v) is 7.17. The van der Waals surface area contributed by atoms with Gasteiger partial charge in [-0.2, -0.15) is 9.78 Å². The van der Waals surface area contributed by atoms with Crippen LogP contribution in [-0.2, 0) is 6.61 Å². The number of rotatable bonds is 8. The van der Waals surface area contributed by atoms with E-state index >= 15 is 0 Å². The van der Waals surface area contributed by atoms with Crippen LogP contribution in [0.15, 0.2) is 46.7 Å². The molecule has 0 saturated heterocycles. The Morgan fingerprint density at radius 3 is 2.73 bits per heavy atom. The SMILES string of the molecule is COc1cc(/C=N\n2c(C)nnc2SC)cc([N+](=O)[O-])c1OCc1cccc(C)c1. The van der Waals surface area contributed by atoms with Crippen LogP contribution in [0.25, 0.3) is 0 Å². The Bertz CT molecular complexity index is 1100. The van der Waals surface area contributed by atoms with Crippen molar-refractivity contribution in [2.45, 2.75) is 25.6 Å². The van der Waals surface area contributed by atoms with Crippen molar-refractivity contribution in [3.63, 3.8) is 0 Å². The molecule has 10 heteroatoms. The van der Waals surface area contributed by atoms with Crippen molar-refractivity contribution >= 4 is 23.7 Å². The number of hydrogen-bond donors (Lipinski definition) is 0. The zero-order valence-corrected chi connectivity index (χ0v) is 17.8. The van der Waals surface area contributed by atoms with Gasteiger partial charge in [0.05, 0.1) is 18.2 Å². The van der Waals surface area contributed by atoms with E-state index in [-0.39, 0.29) is 23.8 Å². The average molecular weight is 427 g/mol. The average Bonchev–Trinajstić information content (AvgIpc) is 3.09. The largest absolute Gasteiger partial charge is 0.493 e. The number of nitro benzene ring substituents is 1. The van der Waals surface area contributed by atoms with Crippen molar-refractivity contribution < 1.29 is 14.4 Å². The van der Waals surface area contributed by atoms with Gasteiger partial charge in [0.2, 0.25) is 10.9 Å². The van der Waals surface area contributed by atoms with E-state index < -0.39 is 4.92 Å². The van der Waals surface area contributed by atoms with Crippen molar-refractivity contribution in [3.8, 4) is 11.5 Å². The molecular weight excluding hydrogens is 406 g/mol. The monoisotopic (exact) mass is 427 g/mol. The number of nitrogens with zero attached hydrogens (tertiary/aromatic N) is 5. The smallest absolute Gasteiger partial charge is 0.315 e. The minimum atomic E-state index is -0.497. The van der Waals surface area contributed by atoms with Gasteiger partial charge in [0.25, 0.3) is 0 Å². The van der Waals surface area contributed by atoms with Gasteiger partial charge in [-0.1, -0.05) is 41.6 Å². The van der Waals surface area contributed by atoms with E-state index in [0.717, 1.165) is 11.1 Å². The highest BCUT2D eigenvalue weighted by Crippen LogP contribution is 2.38. The van der Waals surface area contributed by atoms with Crippen LogP contribution in [0, 0.1) is 24.0 Å². The van der Waals surface area contributed by atoms with Crippen LogP contribution in [0.1, 0.15) is 22.5 Å². The number of benzene rings is 2. The molecule has 9 nitrogen and oxygen atoms in total. The number of ether oxygens (including phenoxy) is 2. The van der Waals surface area contributed by atoms with Crippen molar-refractivity contribution in [1.29, 1.82) is 0 Å². The molecule has 0 amide bonds. The normalized spacial score (nSPS) is 11.1. The van der Waals surface area contributed by atoms with Crippen LogP contribution in [0.4, 0.5) is 5.69 Å². The topological polar surface area (TPSA) is 105 Å². The van der Waals surface area contributed by atoms with Crippen molar-refractivity contribution in [2.75, 3.05) is 13.4 Å². The van der Waals surface area contributed by atoms with E-state index in [1.807, 2.05) is 37.4 Å². The Morgan fingerprint density at radius 2 is 2.07 bits per heavy atom. The molecule has 0 fully saturated rings. The lowest BCUT2D eigenvalue weighted by Crippen LogP contribution is -2.03. The van der Waals surface area contributed by atoms with Gasteiger partial charge in [-0.3, -0.25) is 10.1 Å². The molecule has 0 bridgehead atoms. The second-order valence-electron chi connectivity index (χ2n) is 6.40. The van der Waals surface area contributed by atoms with Crippen LogP contribution >= 0.6 is 11.8 Å². The standard InChI is InChI=1S/C20H21N5O4S/c1-13-6-5-7-15(8-13)12-29-19-17(25(26)27)9-16(10-18(19)28-3)11-21-24-14(2)22-23-20(24)30-4/h5-11H,12H2,1-4H3/b21-11-. The molecule has 0 aliphatic carbocycles. The highest BCUT2D eigenvalue weighted by Gasteiger charge is 2.22. The molecule has 0 radical (unpaired) electrons. The lowest BCUT2D eigenvalue weighted by Gasteiger charge is -2.12. The summed E-state index contributed by atoms with van der Waals surface area (Å²) in [7, 11) is 1.44. The minimum absolute atomic E-state index is 0.0754. The molecule has 0 atom stereocenters. The van der Waals surface area contributed by atoms with Gasteiger partial charge in [0, 0.05) is 11.6 Å². The van der Waals surface area contributed by atoms with Gasteiger partial charge in [0.1, 0.15) is 6.61 Å². The Hall–Kier alpha value is -3.40. The zero-order chi connectivity index (χ0) is 21.7. The molecule has 0 N–H and O–H groups in total. The Balaban J connectivity index is 1.94. The summed E-state index contributed by atoms with van der Waals surface area (Å²) in [5, 5.41) is 24.6. The highest BCUT2D eigenvalue weighted by atomic mass is 32.2. The second kappa shape index (κ2) is 9.40. The van der Waals surface area contributed by atoms with Crippen molar-refractivity contribution in [3.05, 3.63) is 69.0 Å². The minimum Gasteiger partial charge on any atom is -0.493 e. The predicted molar refractivity (Wildman–Crippen MR) is 115 cm³/mol. The number of aryl methyl sites for hydroxylation is 2. The lowest BCUT2D eigenvalue weighted by molar-refractivity contribution is -0.386.